The molecule has 0 aliphatic carbocycles. The molecule has 4 rings (SSSR count). The summed E-state index contributed by atoms with van der Waals surface area (Å²) in [5, 5.41) is 0. The second-order valence-electron chi connectivity index (χ2n) is 8.02. The van der Waals surface area contributed by atoms with Crippen molar-refractivity contribution in [2.45, 2.75) is 30.2 Å². The van der Waals surface area contributed by atoms with E-state index in [1.165, 1.54) is 17.0 Å². The average Bonchev–Trinajstić information content (AvgIpc) is 2.80. The van der Waals surface area contributed by atoms with E-state index in [-0.39, 0.29) is 5.91 Å². The number of anilines is 1. The van der Waals surface area contributed by atoms with Crippen LogP contribution in [0.2, 0.25) is 0 Å². The molecule has 0 unspecified atom stereocenters. The van der Waals surface area contributed by atoms with E-state index < -0.39 is 0 Å². The Morgan fingerprint density at radius 2 is 1.69 bits per heavy atom. The third-order valence-electron chi connectivity index (χ3n) is 6.22. The molecule has 2 heterocycles. The predicted molar refractivity (Wildman–Crippen MR) is 122 cm³/mol. The molecule has 2 fully saturated rings. The van der Waals surface area contributed by atoms with Gasteiger partial charge in [-0.3, -0.25) is 9.69 Å². The molecule has 0 bridgehead atoms. The van der Waals surface area contributed by atoms with Gasteiger partial charge in [-0.25, -0.2) is 0 Å². The number of para-hydroxylation sites is 1. The van der Waals surface area contributed by atoms with Crippen molar-refractivity contribution < 1.29 is 4.79 Å². The molecule has 0 N–H and O–H groups in total. The maximum atomic E-state index is 12.9. The molecule has 29 heavy (non-hydrogen) atoms. The average molecular weight is 410 g/mol. The Labute approximate surface area is 178 Å². The number of carbonyl (C=O) groups is 1. The first kappa shape index (κ1) is 20.3. The maximum Gasteiger partial charge on any atom is 0.227 e. The zero-order valence-corrected chi connectivity index (χ0v) is 18.1. The Bertz CT molecular complexity index is 788. The monoisotopic (exact) mass is 409 g/mol. The van der Waals surface area contributed by atoms with Crippen LogP contribution in [0.4, 0.5) is 5.69 Å². The molecule has 0 saturated carbocycles. The Kier molecular flexibility index (Phi) is 6.78. The lowest BCUT2D eigenvalue weighted by atomic mass is 10.0. The smallest absolute Gasteiger partial charge is 0.227 e. The first-order valence-electron chi connectivity index (χ1n) is 10.7. The van der Waals surface area contributed by atoms with E-state index in [0.29, 0.717) is 12.5 Å². The first-order valence-corrected chi connectivity index (χ1v) is 11.9. The van der Waals surface area contributed by atoms with Crippen LogP contribution in [0, 0.1) is 0 Å². The van der Waals surface area contributed by atoms with Crippen molar-refractivity contribution in [3.8, 4) is 0 Å². The standard InChI is InChI=1S/C24H31N3OS/c1-29-23-11-9-20(10-12-23)18-24(28)27-13-5-8-22(19-27)26-16-14-25(15-17-26)21-6-3-2-4-7-21/h2-4,6-7,9-12,22H,5,8,13-19H2,1H3/t22-/m1/s1. The number of nitrogens with zero attached hydrogens (tertiary/aromatic N) is 3. The van der Waals surface area contributed by atoms with Crippen molar-refractivity contribution in [1.82, 2.24) is 9.80 Å². The number of thioether (sulfide) groups is 1. The molecular formula is C24H31N3OS. The number of hydrogen-bond acceptors (Lipinski definition) is 4. The van der Waals surface area contributed by atoms with E-state index in [2.05, 4.69) is 75.6 Å². The highest BCUT2D eigenvalue weighted by atomic mass is 32.2. The van der Waals surface area contributed by atoms with Gasteiger partial charge in [-0.1, -0.05) is 30.3 Å². The Morgan fingerprint density at radius 3 is 2.38 bits per heavy atom. The lowest BCUT2D eigenvalue weighted by molar-refractivity contribution is -0.132. The summed E-state index contributed by atoms with van der Waals surface area (Å²) in [6, 6.07) is 19.6. The number of likely N-dealkylation sites (tertiary alicyclic amines) is 1. The van der Waals surface area contributed by atoms with Crippen LogP contribution in [0.3, 0.4) is 0 Å². The van der Waals surface area contributed by atoms with Gasteiger partial charge in [0.25, 0.3) is 0 Å². The molecule has 1 amide bonds. The number of piperidine rings is 1. The second-order valence-corrected chi connectivity index (χ2v) is 8.90. The minimum atomic E-state index is 0.273. The van der Waals surface area contributed by atoms with E-state index in [0.717, 1.165) is 51.3 Å². The molecule has 2 aliphatic heterocycles. The highest BCUT2D eigenvalue weighted by Gasteiger charge is 2.30. The number of benzene rings is 2. The molecule has 0 aromatic heterocycles. The molecule has 0 spiro atoms. The van der Waals surface area contributed by atoms with Gasteiger partial charge in [-0.15, -0.1) is 11.8 Å². The van der Waals surface area contributed by atoms with Crippen molar-refractivity contribution in [2.75, 3.05) is 50.4 Å². The molecule has 2 aromatic carbocycles. The lowest BCUT2D eigenvalue weighted by Gasteiger charge is -2.44. The van der Waals surface area contributed by atoms with E-state index in [9.17, 15) is 4.79 Å². The minimum absolute atomic E-state index is 0.273. The van der Waals surface area contributed by atoms with Gasteiger partial charge in [0, 0.05) is 55.9 Å². The summed E-state index contributed by atoms with van der Waals surface area (Å²) >= 11 is 1.73. The SMILES string of the molecule is CSc1ccc(CC(=O)N2CCC[C@@H](N3CCN(c4ccccc4)CC3)C2)cc1. The van der Waals surface area contributed by atoms with Crippen molar-refractivity contribution in [2.24, 2.45) is 0 Å². The lowest BCUT2D eigenvalue weighted by Crippen LogP contribution is -2.56. The van der Waals surface area contributed by atoms with Gasteiger partial charge in [0.1, 0.15) is 0 Å². The maximum absolute atomic E-state index is 12.9. The van der Waals surface area contributed by atoms with Crippen LogP contribution in [0.5, 0.6) is 0 Å². The third kappa shape index (κ3) is 5.14. The molecule has 0 radical (unpaired) electrons. The zero-order valence-electron chi connectivity index (χ0n) is 17.3. The second kappa shape index (κ2) is 9.68. The van der Waals surface area contributed by atoms with E-state index in [4.69, 9.17) is 0 Å². The Hall–Kier alpha value is -1.98. The number of carbonyl (C=O) groups excluding carboxylic acids is 1. The van der Waals surface area contributed by atoms with Gasteiger partial charge in [-0.2, -0.15) is 0 Å². The van der Waals surface area contributed by atoms with Crippen molar-refractivity contribution >= 4 is 23.4 Å². The van der Waals surface area contributed by atoms with Gasteiger partial charge in [0.05, 0.1) is 6.42 Å². The highest BCUT2D eigenvalue weighted by molar-refractivity contribution is 7.98. The summed E-state index contributed by atoms with van der Waals surface area (Å²) in [5.41, 5.74) is 2.44. The molecular weight excluding hydrogens is 378 g/mol. The molecule has 2 aliphatic rings. The predicted octanol–water partition coefficient (Wildman–Crippen LogP) is 3.76. The van der Waals surface area contributed by atoms with Crippen LogP contribution in [0.15, 0.2) is 59.5 Å². The molecule has 2 aromatic rings. The molecule has 154 valence electrons. The highest BCUT2D eigenvalue weighted by Crippen LogP contribution is 2.22. The normalized spacial score (nSPS) is 20.7. The fraction of sp³-hybridized carbons (Fsp3) is 0.458. The first-order chi connectivity index (χ1) is 14.2. The minimum Gasteiger partial charge on any atom is -0.369 e. The third-order valence-corrected chi connectivity index (χ3v) is 6.96. The van der Waals surface area contributed by atoms with E-state index in [1.807, 2.05) is 0 Å². The van der Waals surface area contributed by atoms with Gasteiger partial charge < -0.3 is 9.80 Å². The number of hydrogen-bond donors (Lipinski definition) is 0. The molecule has 2 saturated heterocycles. The van der Waals surface area contributed by atoms with Crippen LogP contribution < -0.4 is 4.90 Å². The Morgan fingerprint density at radius 1 is 0.966 bits per heavy atom. The largest absolute Gasteiger partial charge is 0.369 e. The van der Waals surface area contributed by atoms with Gasteiger partial charge in [0.15, 0.2) is 0 Å². The molecule has 5 heteroatoms. The van der Waals surface area contributed by atoms with E-state index in [1.54, 1.807) is 11.8 Å². The summed E-state index contributed by atoms with van der Waals surface area (Å²) in [6.45, 7) is 6.08. The summed E-state index contributed by atoms with van der Waals surface area (Å²) in [7, 11) is 0. The fourth-order valence-electron chi connectivity index (χ4n) is 4.49. The van der Waals surface area contributed by atoms with Crippen LogP contribution in [-0.2, 0) is 11.2 Å². The van der Waals surface area contributed by atoms with Gasteiger partial charge >= 0.3 is 0 Å². The van der Waals surface area contributed by atoms with Crippen LogP contribution in [0.25, 0.3) is 0 Å². The van der Waals surface area contributed by atoms with Crippen LogP contribution in [0.1, 0.15) is 18.4 Å². The van der Waals surface area contributed by atoms with Crippen molar-refractivity contribution in [1.29, 1.82) is 0 Å². The van der Waals surface area contributed by atoms with Crippen LogP contribution >= 0.6 is 11.8 Å². The van der Waals surface area contributed by atoms with E-state index >= 15 is 0 Å². The summed E-state index contributed by atoms with van der Waals surface area (Å²) < 4.78 is 0. The summed E-state index contributed by atoms with van der Waals surface area (Å²) in [5.74, 6) is 0.273. The molecule has 4 nitrogen and oxygen atoms in total. The van der Waals surface area contributed by atoms with Crippen LogP contribution in [-0.4, -0.2) is 67.3 Å². The summed E-state index contributed by atoms with van der Waals surface area (Å²) in [4.78, 5) is 21.3. The number of amides is 1. The number of rotatable bonds is 5. The Balaban J connectivity index is 1.29. The topological polar surface area (TPSA) is 26.8 Å². The fourth-order valence-corrected chi connectivity index (χ4v) is 4.90. The molecule has 1 atom stereocenters. The van der Waals surface area contributed by atoms with Gasteiger partial charge in [-0.05, 0) is 48.9 Å². The van der Waals surface area contributed by atoms with Gasteiger partial charge in [0.2, 0.25) is 5.91 Å². The van der Waals surface area contributed by atoms with Crippen molar-refractivity contribution in [3.63, 3.8) is 0 Å². The summed E-state index contributed by atoms with van der Waals surface area (Å²) in [6.07, 6.45) is 4.91. The quantitative estimate of drug-likeness (QED) is 0.703. The zero-order chi connectivity index (χ0) is 20.1. The number of piperazine rings is 1. The van der Waals surface area contributed by atoms with Crippen molar-refractivity contribution in [3.05, 3.63) is 60.2 Å².